The van der Waals surface area contributed by atoms with Gasteiger partial charge >= 0.3 is 5.97 Å². The first-order valence-electron chi connectivity index (χ1n) is 8.79. The second kappa shape index (κ2) is 8.34. The van der Waals surface area contributed by atoms with Crippen molar-refractivity contribution in [2.45, 2.75) is 13.2 Å². The van der Waals surface area contributed by atoms with Gasteiger partial charge in [-0.25, -0.2) is 9.48 Å². The van der Waals surface area contributed by atoms with Crippen molar-refractivity contribution in [1.82, 2.24) is 25.1 Å². The van der Waals surface area contributed by atoms with E-state index in [9.17, 15) is 4.79 Å². The fourth-order valence-corrected chi connectivity index (χ4v) is 2.63. The largest absolute Gasteiger partial charge is 0.497 e. The highest BCUT2D eigenvalue weighted by molar-refractivity contribution is 5.86. The van der Waals surface area contributed by atoms with Crippen LogP contribution in [0.25, 0.3) is 11.4 Å². The standard InChI is InChI=1S/C20H17N5O4/c1-27-16-9-5-8-15(10-16)19-21-18(29-23-19)13-28-20(26)17-12-25(24-22-17)11-14-6-3-2-4-7-14/h2-10,12H,11,13H2,1H3. The van der Waals surface area contributed by atoms with Gasteiger partial charge in [-0.3, -0.25) is 0 Å². The molecule has 0 radical (unpaired) electrons. The van der Waals surface area contributed by atoms with E-state index in [1.165, 1.54) is 6.20 Å². The van der Waals surface area contributed by atoms with Crippen LogP contribution in [0.1, 0.15) is 21.9 Å². The highest BCUT2D eigenvalue weighted by atomic mass is 16.6. The maximum atomic E-state index is 12.2. The van der Waals surface area contributed by atoms with Crippen molar-refractivity contribution in [3.05, 3.63) is 77.9 Å². The molecule has 0 aliphatic carbocycles. The Morgan fingerprint density at radius 3 is 2.83 bits per heavy atom. The molecule has 0 spiro atoms. The Balaban J connectivity index is 1.36. The second-order valence-electron chi connectivity index (χ2n) is 6.11. The van der Waals surface area contributed by atoms with E-state index in [-0.39, 0.29) is 18.2 Å². The molecule has 0 saturated heterocycles. The van der Waals surface area contributed by atoms with Gasteiger partial charge in [-0.1, -0.05) is 52.8 Å². The average Bonchev–Trinajstić information content (AvgIpc) is 3.43. The normalized spacial score (nSPS) is 10.7. The Labute approximate surface area is 165 Å². The molecule has 2 heterocycles. The van der Waals surface area contributed by atoms with Crippen molar-refractivity contribution in [2.24, 2.45) is 0 Å². The van der Waals surface area contributed by atoms with Gasteiger partial charge in [0.15, 0.2) is 12.3 Å². The number of carbonyl (C=O) groups excluding carboxylic acids is 1. The Kier molecular flexibility index (Phi) is 5.28. The molecule has 0 bridgehead atoms. The smallest absolute Gasteiger partial charge is 0.361 e. The Hall–Kier alpha value is -4.01. The molecule has 0 unspecified atom stereocenters. The lowest BCUT2D eigenvalue weighted by Gasteiger charge is -2.00. The van der Waals surface area contributed by atoms with Crippen LogP contribution in [0.15, 0.2) is 65.3 Å². The quantitative estimate of drug-likeness (QED) is 0.443. The van der Waals surface area contributed by atoms with Crippen molar-refractivity contribution >= 4 is 5.97 Å². The molecule has 9 nitrogen and oxygen atoms in total. The summed E-state index contributed by atoms with van der Waals surface area (Å²) < 4.78 is 17.1. The van der Waals surface area contributed by atoms with Crippen molar-refractivity contribution in [3.8, 4) is 17.1 Å². The van der Waals surface area contributed by atoms with Gasteiger partial charge in [-0.05, 0) is 17.7 Å². The Morgan fingerprint density at radius 2 is 2.00 bits per heavy atom. The number of esters is 1. The molecule has 0 aliphatic rings. The van der Waals surface area contributed by atoms with E-state index in [1.807, 2.05) is 48.5 Å². The summed E-state index contributed by atoms with van der Waals surface area (Å²) in [6, 6.07) is 17.0. The van der Waals surface area contributed by atoms with E-state index < -0.39 is 5.97 Å². The summed E-state index contributed by atoms with van der Waals surface area (Å²) in [6.45, 7) is 0.343. The highest BCUT2D eigenvalue weighted by Crippen LogP contribution is 2.21. The first-order valence-corrected chi connectivity index (χ1v) is 8.79. The molecular weight excluding hydrogens is 374 g/mol. The van der Waals surface area contributed by atoms with E-state index in [0.29, 0.717) is 18.1 Å². The molecule has 0 fully saturated rings. The number of nitrogens with zero attached hydrogens (tertiary/aromatic N) is 5. The molecule has 0 atom stereocenters. The Morgan fingerprint density at radius 1 is 1.14 bits per heavy atom. The molecule has 0 aliphatic heterocycles. The molecule has 9 heteroatoms. The van der Waals surface area contributed by atoms with Crippen LogP contribution >= 0.6 is 0 Å². The molecule has 4 rings (SSSR count). The van der Waals surface area contributed by atoms with Gasteiger partial charge in [0.05, 0.1) is 19.9 Å². The molecule has 2 aromatic carbocycles. The summed E-state index contributed by atoms with van der Waals surface area (Å²) >= 11 is 0. The monoisotopic (exact) mass is 391 g/mol. The van der Waals surface area contributed by atoms with Gasteiger partial charge < -0.3 is 14.0 Å². The third-order valence-corrected chi connectivity index (χ3v) is 4.06. The van der Waals surface area contributed by atoms with Crippen molar-refractivity contribution in [1.29, 1.82) is 0 Å². The number of aromatic nitrogens is 5. The lowest BCUT2D eigenvalue weighted by molar-refractivity contribution is 0.0422. The van der Waals surface area contributed by atoms with Gasteiger partial charge in [-0.15, -0.1) is 5.10 Å². The molecule has 4 aromatic rings. The summed E-state index contributed by atoms with van der Waals surface area (Å²) in [5.74, 6) is 0.612. The number of methoxy groups -OCH3 is 1. The van der Waals surface area contributed by atoms with E-state index in [4.69, 9.17) is 14.0 Å². The van der Waals surface area contributed by atoms with Crippen molar-refractivity contribution in [3.63, 3.8) is 0 Å². The van der Waals surface area contributed by atoms with Gasteiger partial charge in [0, 0.05) is 5.56 Å². The van der Waals surface area contributed by atoms with Crippen LogP contribution in [0.4, 0.5) is 0 Å². The van der Waals surface area contributed by atoms with Gasteiger partial charge in [0.25, 0.3) is 5.89 Å². The SMILES string of the molecule is COc1cccc(-c2noc(COC(=O)c3cn(Cc4ccccc4)nn3)n2)c1. The van der Waals surface area contributed by atoms with Gasteiger partial charge in [-0.2, -0.15) is 4.98 Å². The van der Waals surface area contributed by atoms with Gasteiger partial charge in [0.1, 0.15) is 5.75 Å². The third-order valence-electron chi connectivity index (χ3n) is 4.06. The molecule has 0 amide bonds. The van der Waals surface area contributed by atoms with Crippen LogP contribution in [0.3, 0.4) is 0 Å². The minimum Gasteiger partial charge on any atom is -0.497 e. The predicted molar refractivity (Wildman–Crippen MR) is 101 cm³/mol. The zero-order valence-corrected chi connectivity index (χ0v) is 15.6. The lowest BCUT2D eigenvalue weighted by Crippen LogP contribution is -2.06. The summed E-state index contributed by atoms with van der Waals surface area (Å²) in [7, 11) is 1.58. The average molecular weight is 391 g/mol. The highest BCUT2D eigenvalue weighted by Gasteiger charge is 2.16. The lowest BCUT2D eigenvalue weighted by atomic mass is 10.2. The zero-order chi connectivity index (χ0) is 20.1. The predicted octanol–water partition coefficient (Wildman–Crippen LogP) is 2.74. The molecular formula is C20H17N5O4. The van der Waals surface area contributed by atoms with E-state index in [2.05, 4.69) is 20.5 Å². The topological polar surface area (TPSA) is 105 Å². The van der Waals surface area contributed by atoms with Gasteiger partial charge in [0.2, 0.25) is 5.82 Å². The fraction of sp³-hybridized carbons (Fsp3) is 0.150. The number of hydrogen-bond acceptors (Lipinski definition) is 8. The van der Waals surface area contributed by atoms with Crippen LogP contribution in [0.5, 0.6) is 5.75 Å². The Bertz CT molecular complexity index is 1110. The van der Waals surface area contributed by atoms with Crippen LogP contribution < -0.4 is 4.74 Å². The van der Waals surface area contributed by atoms with Crippen molar-refractivity contribution in [2.75, 3.05) is 7.11 Å². The molecule has 0 saturated carbocycles. The summed E-state index contributed by atoms with van der Waals surface area (Å²) in [5, 5.41) is 11.7. The molecule has 146 valence electrons. The fourth-order valence-electron chi connectivity index (χ4n) is 2.63. The van der Waals surface area contributed by atoms with E-state index in [1.54, 1.807) is 17.9 Å². The number of benzene rings is 2. The van der Waals surface area contributed by atoms with Crippen LogP contribution in [-0.4, -0.2) is 38.2 Å². The number of carbonyl (C=O) groups is 1. The molecule has 29 heavy (non-hydrogen) atoms. The second-order valence-corrected chi connectivity index (χ2v) is 6.11. The first-order chi connectivity index (χ1) is 14.2. The van der Waals surface area contributed by atoms with E-state index >= 15 is 0 Å². The number of rotatable bonds is 7. The van der Waals surface area contributed by atoms with Crippen LogP contribution in [0, 0.1) is 0 Å². The zero-order valence-electron chi connectivity index (χ0n) is 15.6. The minimum absolute atomic E-state index is 0.105. The van der Waals surface area contributed by atoms with Crippen molar-refractivity contribution < 1.29 is 18.8 Å². The summed E-state index contributed by atoms with van der Waals surface area (Å²) in [5.41, 5.74) is 1.89. The van der Waals surface area contributed by atoms with E-state index in [0.717, 1.165) is 11.1 Å². The maximum Gasteiger partial charge on any atom is 0.361 e. The number of hydrogen-bond donors (Lipinski definition) is 0. The third kappa shape index (κ3) is 4.46. The minimum atomic E-state index is -0.620. The summed E-state index contributed by atoms with van der Waals surface area (Å²) in [4.78, 5) is 16.4. The number of ether oxygens (including phenoxy) is 2. The van der Waals surface area contributed by atoms with Crippen LogP contribution in [-0.2, 0) is 17.9 Å². The molecule has 2 aromatic heterocycles. The first kappa shape index (κ1) is 18.4. The maximum absolute atomic E-state index is 12.2. The van der Waals surface area contributed by atoms with Crippen LogP contribution in [0.2, 0.25) is 0 Å². The molecule has 0 N–H and O–H groups in total. The summed E-state index contributed by atoms with van der Waals surface area (Å²) in [6.07, 6.45) is 1.53.